The molecule has 2 aromatic heterocycles. The van der Waals surface area contributed by atoms with E-state index in [1.54, 1.807) is 0 Å². The van der Waals surface area contributed by atoms with Crippen molar-refractivity contribution in [2.45, 2.75) is 52.4 Å². The van der Waals surface area contributed by atoms with Gasteiger partial charge in [-0.1, -0.05) is 41.5 Å². The van der Waals surface area contributed by atoms with Crippen molar-refractivity contribution in [1.29, 1.82) is 0 Å². The predicted molar refractivity (Wildman–Crippen MR) is 99.0 cm³/mol. The standard InChI is InChI=1S/C18H22O4S2/c1-17(2,3)10-8-7-9(23-10)13-11(15(19)20)12(16(21)22)14(24-13)18(4,5)6/h7-8H,1-6H3,(H,19,20)(H,21,22). The molecule has 0 aliphatic carbocycles. The van der Waals surface area contributed by atoms with Gasteiger partial charge in [-0.15, -0.1) is 22.7 Å². The van der Waals surface area contributed by atoms with Gasteiger partial charge in [0.05, 0.1) is 16.0 Å². The van der Waals surface area contributed by atoms with E-state index >= 15 is 0 Å². The number of carboxylic acid groups (broad SMARTS) is 2. The first-order valence-corrected chi connectivity index (χ1v) is 9.22. The van der Waals surface area contributed by atoms with Crippen LogP contribution in [0.1, 0.15) is 72.0 Å². The van der Waals surface area contributed by atoms with Crippen LogP contribution in [-0.4, -0.2) is 22.2 Å². The molecule has 0 amide bonds. The number of hydrogen-bond donors (Lipinski definition) is 2. The lowest BCUT2D eigenvalue weighted by atomic mass is 9.90. The van der Waals surface area contributed by atoms with Crippen LogP contribution in [0, 0.1) is 0 Å². The predicted octanol–water partition coefficient (Wildman–Crippen LogP) is 5.47. The minimum absolute atomic E-state index is 0.0357. The molecule has 0 fully saturated rings. The Kier molecular flexibility index (Phi) is 4.67. The molecule has 4 nitrogen and oxygen atoms in total. The highest BCUT2D eigenvalue weighted by Crippen LogP contribution is 2.45. The van der Waals surface area contributed by atoms with Crippen molar-refractivity contribution >= 4 is 34.6 Å². The van der Waals surface area contributed by atoms with Crippen molar-refractivity contribution in [2.75, 3.05) is 0 Å². The Hall–Kier alpha value is -1.66. The molecule has 0 aliphatic rings. The Balaban J connectivity index is 2.77. The lowest BCUT2D eigenvalue weighted by Gasteiger charge is -2.17. The number of thiophene rings is 2. The summed E-state index contributed by atoms with van der Waals surface area (Å²) >= 11 is 2.80. The van der Waals surface area contributed by atoms with E-state index in [1.807, 2.05) is 32.9 Å². The fourth-order valence-corrected chi connectivity index (χ4v) is 4.93. The maximum atomic E-state index is 11.8. The second-order valence-electron chi connectivity index (χ2n) is 7.78. The van der Waals surface area contributed by atoms with Crippen LogP contribution in [0.2, 0.25) is 0 Å². The summed E-state index contributed by atoms with van der Waals surface area (Å²) in [5.41, 5.74) is -0.655. The zero-order chi connectivity index (χ0) is 18.4. The van der Waals surface area contributed by atoms with Crippen molar-refractivity contribution in [3.8, 4) is 9.75 Å². The average Bonchev–Trinajstić information content (AvgIpc) is 3.01. The number of hydrogen-bond acceptors (Lipinski definition) is 4. The first-order chi connectivity index (χ1) is 10.8. The summed E-state index contributed by atoms with van der Waals surface area (Å²) in [5, 5.41) is 19.3. The van der Waals surface area contributed by atoms with Gasteiger partial charge in [-0.3, -0.25) is 0 Å². The van der Waals surface area contributed by atoms with Gasteiger partial charge in [0.15, 0.2) is 0 Å². The molecule has 0 spiro atoms. The fourth-order valence-electron chi connectivity index (χ4n) is 2.40. The van der Waals surface area contributed by atoms with E-state index in [0.717, 1.165) is 9.75 Å². The van der Waals surface area contributed by atoms with E-state index in [4.69, 9.17) is 0 Å². The lowest BCUT2D eigenvalue weighted by Crippen LogP contribution is -2.16. The van der Waals surface area contributed by atoms with E-state index < -0.39 is 17.4 Å². The van der Waals surface area contributed by atoms with Crippen molar-refractivity contribution in [1.82, 2.24) is 0 Å². The summed E-state index contributed by atoms with van der Waals surface area (Å²) in [7, 11) is 0. The third kappa shape index (κ3) is 3.39. The summed E-state index contributed by atoms with van der Waals surface area (Å²) in [4.78, 5) is 26.6. The van der Waals surface area contributed by atoms with Crippen LogP contribution in [-0.2, 0) is 10.8 Å². The summed E-state index contributed by atoms with van der Waals surface area (Å²) in [6.45, 7) is 12.0. The fraction of sp³-hybridized carbons (Fsp3) is 0.444. The monoisotopic (exact) mass is 366 g/mol. The molecule has 0 bridgehead atoms. The molecule has 130 valence electrons. The Morgan fingerprint density at radius 3 is 1.75 bits per heavy atom. The van der Waals surface area contributed by atoms with Gasteiger partial charge in [0.25, 0.3) is 0 Å². The molecule has 6 heteroatoms. The highest BCUT2D eigenvalue weighted by molar-refractivity contribution is 7.22. The maximum absolute atomic E-state index is 11.8. The first kappa shape index (κ1) is 18.7. The van der Waals surface area contributed by atoms with E-state index in [2.05, 4.69) is 20.8 Å². The molecule has 0 saturated carbocycles. The Morgan fingerprint density at radius 2 is 1.38 bits per heavy atom. The number of aromatic carboxylic acids is 2. The average molecular weight is 367 g/mol. The van der Waals surface area contributed by atoms with Crippen LogP contribution in [0.4, 0.5) is 0 Å². The zero-order valence-corrected chi connectivity index (χ0v) is 16.3. The second-order valence-corrected chi connectivity index (χ2v) is 9.89. The molecule has 0 atom stereocenters. The van der Waals surface area contributed by atoms with Gasteiger partial charge in [0.1, 0.15) is 0 Å². The summed E-state index contributed by atoms with van der Waals surface area (Å²) in [6.07, 6.45) is 0. The second kappa shape index (κ2) is 6.01. The van der Waals surface area contributed by atoms with Crippen LogP contribution in [0.5, 0.6) is 0 Å². The molecule has 2 aromatic rings. The molecule has 0 unspecified atom stereocenters. The van der Waals surface area contributed by atoms with Gasteiger partial charge in [0, 0.05) is 14.6 Å². The molecule has 2 rings (SSSR count). The highest BCUT2D eigenvalue weighted by atomic mass is 32.1. The molecular formula is C18H22O4S2. The first-order valence-electron chi connectivity index (χ1n) is 7.58. The Labute approximate surface area is 149 Å². The summed E-state index contributed by atoms with van der Waals surface area (Å²) in [6, 6.07) is 3.88. The van der Waals surface area contributed by atoms with Gasteiger partial charge in [-0.05, 0) is 23.0 Å². The molecule has 0 aliphatic heterocycles. The van der Waals surface area contributed by atoms with Gasteiger partial charge in [-0.2, -0.15) is 0 Å². The van der Waals surface area contributed by atoms with Gasteiger partial charge < -0.3 is 10.2 Å². The molecule has 0 saturated heterocycles. The van der Waals surface area contributed by atoms with Crippen LogP contribution in [0.25, 0.3) is 9.75 Å². The maximum Gasteiger partial charge on any atom is 0.338 e. The Bertz CT molecular complexity index is 798. The quantitative estimate of drug-likeness (QED) is 0.755. The molecule has 0 radical (unpaired) electrons. The van der Waals surface area contributed by atoms with Crippen LogP contribution in [0.15, 0.2) is 12.1 Å². The van der Waals surface area contributed by atoms with Crippen molar-refractivity contribution in [2.24, 2.45) is 0 Å². The largest absolute Gasteiger partial charge is 0.478 e. The third-order valence-electron chi connectivity index (χ3n) is 3.59. The lowest BCUT2D eigenvalue weighted by molar-refractivity contribution is 0.0651. The van der Waals surface area contributed by atoms with Gasteiger partial charge in [-0.25, -0.2) is 9.59 Å². The van der Waals surface area contributed by atoms with E-state index in [-0.39, 0.29) is 16.5 Å². The summed E-state index contributed by atoms with van der Waals surface area (Å²) in [5.74, 6) is -2.38. The number of rotatable bonds is 3. The molecule has 2 heterocycles. The van der Waals surface area contributed by atoms with Crippen molar-refractivity contribution in [3.05, 3.63) is 33.0 Å². The van der Waals surface area contributed by atoms with E-state index in [1.165, 1.54) is 22.7 Å². The zero-order valence-electron chi connectivity index (χ0n) is 14.7. The SMILES string of the molecule is CC(C)(C)c1ccc(-c2sc(C(C)(C)C)c(C(=O)O)c2C(=O)O)s1. The smallest absolute Gasteiger partial charge is 0.338 e. The molecule has 2 N–H and O–H groups in total. The van der Waals surface area contributed by atoms with Crippen LogP contribution < -0.4 is 0 Å². The van der Waals surface area contributed by atoms with Gasteiger partial charge >= 0.3 is 11.9 Å². The molecular weight excluding hydrogens is 344 g/mol. The van der Waals surface area contributed by atoms with E-state index in [9.17, 15) is 19.8 Å². The van der Waals surface area contributed by atoms with Crippen LogP contribution in [0.3, 0.4) is 0 Å². The topological polar surface area (TPSA) is 74.6 Å². The molecule has 0 aromatic carbocycles. The number of carboxylic acids is 2. The minimum Gasteiger partial charge on any atom is -0.478 e. The van der Waals surface area contributed by atoms with Crippen LogP contribution >= 0.6 is 22.7 Å². The molecule has 24 heavy (non-hydrogen) atoms. The van der Waals surface area contributed by atoms with Crippen molar-refractivity contribution in [3.63, 3.8) is 0 Å². The van der Waals surface area contributed by atoms with Crippen molar-refractivity contribution < 1.29 is 19.8 Å². The summed E-state index contributed by atoms with van der Waals surface area (Å²) < 4.78 is 0. The minimum atomic E-state index is -1.19. The third-order valence-corrected chi connectivity index (χ3v) is 6.89. The number of carbonyl (C=O) groups is 2. The normalized spacial score (nSPS) is 12.4. The van der Waals surface area contributed by atoms with Gasteiger partial charge in [0.2, 0.25) is 0 Å². The van der Waals surface area contributed by atoms with E-state index in [0.29, 0.717) is 9.75 Å². The Morgan fingerprint density at radius 1 is 0.833 bits per heavy atom. The highest BCUT2D eigenvalue weighted by Gasteiger charge is 2.34.